The van der Waals surface area contributed by atoms with Gasteiger partial charge in [-0.15, -0.1) is 11.3 Å². The predicted molar refractivity (Wildman–Crippen MR) is 146 cm³/mol. The topological polar surface area (TPSA) is 170 Å². The third kappa shape index (κ3) is 8.24. The van der Waals surface area contributed by atoms with E-state index in [9.17, 15) is 19.5 Å². The van der Waals surface area contributed by atoms with Gasteiger partial charge in [-0.3, -0.25) is 14.4 Å². The smallest absolute Gasteiger partial charge is 0.246 e. The number of hydrogen-bond acceptors (Lipinski definition) is 8. The lowest BCUT2D eigenvalue weighted by molar-refractivity contribution is -0.144. The molecule has 1 aromatic carbocycles. The number of hydrogen-bond donors (Lipinski definition) is 3. The van der Waals surface area contributed by atoms with Crippen LogP contribution < -0.4 is 10.6 Å². The van der Waals surface area contributed by atoms with Gasteiger partial charge in [0.25, 0.3) is 0 Å². The van der Waals surface area contributed by atoms with Crippen molar-refractivity contribution in [1.82, 2.24) is 20.5 Å². The van der Waals surface area contributed by atoms with Crippen LogP contribution in [-0.2, 0) is 25.7 Å². The molecular formula is C26H35N7O5S. The molecule has 12 nitrogen and oxygen atoms in total. The molecule has 3 N–H and O–H groups in total. The van der Waals surface area contributed by atoms with Crippen molar-refractivity contribution in [2.45, 2.75) is 58.8 Å². The van der Waals surface area contributed by atoms with Crippen LogP contribution >= 0.6 is 11.3 Å². The summed E-state index contributed by atoms with van der Waals surface area (Å²) < 4.78 is 5.19. The Morgan fingerprint density at radius 2 is 2.03 bits per heavy atom. The number of amides is 3. The van der Waals surface area contributed by atoms with Crippen molar-refractivity contribution in [2.75, 3.05) is 26.3 Å². The maximum absolute atomic E-state index is 13.6. The van der Waals surface area contributed by atoms with Crippen LogP contribution in [0.3, 0.4) is 0 Å². The molecule has 3 amide bonds. The van der Waals surface area contributed by atoms with Crippen LogP contribution in [0.5, 0.6) is 0 Å². The first kappa shape index (κ1) is 30.0. The van der Waals surface area contributed by atoms with Crippen LogP contribution in [0.25, 0.3) is 20.9 Å². The number of rotatable bonds is 11. The Kier molecular flexibility index (Phi) is 10.4. The fourth-order valence-corrected chi connectivity index (χ4v) is 5.11. The molecule has 2 heterocycles. The highest BCUT2D eigenvalue weighted by atomic mass is 32.1. The summed E-state index contributed by atoms with van der Waals surface area (Å²) in [5, 5.41) is 19.2. The molecule has 3 atom stereocenters. The zero-order valence-electron chi connectivity index (χ0n) is 22.6. The minimum atomic E-state index is -0.950. The number of β-amino-alcohol motifs (C(OH)–C–C–N with tert-alkyl or cyclic N) is 1. The van der Waals surface area contributed by atoms with Gasteiger partial charge in [-0.05, 0) is 29.0 Å². The number of aliphatic hydroxyl groups excluding tert-OH is 1. The highest BCUT2D eigenvalue weighted by Crippen LogP contribution is 2.28. The Balaban J connectivity index is 1.62. The average Bonchev–Trinajstić information content (AvgIpc) is 3.50. The predicted octanol–water partition coefficient (Wildman–Crippen LogP) is 2.55. The molecule has 39 heavy (non-hydrogen) atoms. The standard InChI is InChI=1S/C26H35N7O5S/c1-16-22(39-15-29-16)18-7-5-17(6-8-18)12-28-24(36)20-11-19(34)13-33(20)25(37)23(26(2,3)4)31-21(35)14-38-10-9-30-32-27/h5-8,15,19-20,23,34H,9-14H2,1-4H3,(H,28,36)(H,31,35). The zero-order chi connectivity index (χ0) is 28.6. The Hall–Kier alpha value is -3.51. The number of nitrogens with zero attached hydrogens (tertiary/aromatic N) is 5. The fraction of sp³-hybridized carbons (Fsp3) is 0.538. The number of carbonyl (C=O) groups is 3. The summed E-state index contributed by atoms with van der Waals surface area (Å²) >= 11 is 1.57. The van der Waals surface area contributed by atoms with Crippen LogP contribution in [0.15, 0.2) is 34.9 Å². The lowest BCUT2D eigenvalue weighted by Crippen LogP contribution is -2.58. The van der Waals surface area contributed by atoms with Gasteiger partial charge in [0.15, 0.2) is 0 Å². The molecule has 2 aromatic rings. The second-order valence-electron chi connectivity index (χ2n) is 10.5. The number of likely N-dealkylation sites (tertiary alicyclic amines) is 1. The largest absolute Gasteiger partial charge is 0.391 e. The summed E-state index contributed by atoms with van der Waals surface area (Å²) in [7, 11) is 0. The van der Waals surface area contributed by atoms with E-state index in [-0.39, 0.29) is 45.2 Å². The maximum atomic E-state index is 13.6. The molecular weight excluding hydrogens is 522 g/mol. The Morgan fingerprint density at radius 3 is 2.64 bits per heavy atom. The molecule has 210 valence electrons. The van der Waals surface area contributed by atoms with E-state index in [0.29, 0.717) is 0 Å². The van der Waals surface area contributed by atoms with Crippen molar-refractivity contribution in [2.24, 2.45) is 10.5 Å². The SMILES string of the molecule is Cc1ncsc1-c1ccc(CNC(=O)C2CC(O)CN2C(=O)C(NC(=O)COCCN=[N+]=[N-])C(C)(C)C)cc1. The lowest BCUT2D eigenvalue weighted by Gasteiger charge is -2.35. The molecule has 1 aliphatic heterocycles. The van der Waals surface area contributed by atoms with Crippen LogP contribution in [-0.4, -0.2) is 77.2 Å². The van der Waals surface area contributed by atoms with Gasteiger partial charge in [-0.2, -0.15) is 0 Å². The average molecular weight is 558 g/mol. The van der Waals surface area contributed by atoms with Crippen LogP contribution in [0.2, 0.25) is 0 Å². The summed E-state index contributed by atoms with van der Waals surface area (Å²) in [5.74, 6) is -1.34. The number of azide groups is 1. The number of ether oxygens (including phenoxy) is 1. The van der Waals surface area contributed by atoms with E-state index in [1.165, 1.54) is 4.90 Å². The van der Waals surface area contributed by atoms with Crippen molar-refractivity contribution in [1.29, 1.82) is 0 Å². The van der Waals surface area contributed by atoms with E-state index in [4.69, 9.17) is 10.3 Å². The lowest BCUT2D eigenvalue weighted by atomic mass is 9.85. The minimum Gasteiger partial charge on any atom is -0.391 e. The van der Waals surface area contributed by atoms with E-state index in [0.717, 1.165) is 21.7 Å². The molecule has 0 saturated carbocycles. The highest BCUT2D eigenvalue weighted by Gasteiger charge is 2.44. The molecule has 3 rings (SSSR count). The molecule has 0 aliphatic carbocycles. The summed E-state index contributed by atoms with van der Waals surface area (Å²) in [6.45, 7) is 7.47. The van der Waals surface area contributed by atoms with Crippen LogP contribution in [0, 0.1) is 12.3 Å². The summed E-state index contributed by atoms with van der Waals surface area (Å²) in [6.07, 6.45) is -0.749. The number of benzene rings is 1. The van der Waals surface area contributed by atoms with Gasteiger partial charge < -0.3 is 25.4 Å². The van der Waals surface area contributed by atoms with Crippen LogP contribution in [0.4, 0.5) is 0 Å². The van der Waals surface area contributed by atoms with E-state index in [2.05, 4.69) is 25.6 Å². The molecule has 0 bridgehead atoms. The number of aromatic nitrogens is 1. The van der Waals surface area contributed by atoms with Gasteiger partial charge in [0.05, 0.1) is 28.8 Å². The van der Waals surface area contributed by atoms with E-state index in [1.807, 2.05) is 31.2 Å². The molecule has 3 unspecified atom stereocenters. The number of carbonyl (C=O) groups excluding carboxylic acids is 3. The van der Waals surface area contributed by atoms with Gasteiger partial charge in [0, 0.05) is 31.0 Å². The Morgan fingerprint density at radius 1 is 1.31 bits per heavy atom. The molecule has 13 heteroatoms. The van der Waals surface area contributed by atoms with Crippen molar-refractivity contribution < 1.29 is 24.2 Å². The number of aliphatic hydroxyl groups is 1. The second-order valence-corrected chi connectivity index (χ2v) is 11.3. The van der Waals surface area contributed by atoms with Gasteiger partial charge in [-0.25, -0.2) is 4.98 Å². The van der Waals surface area contributed by atoms with Crippen LogP contribution in [0.1, 0.15) is 38.4 Å². The normalized spacial score (nSPS) is 17.8. The molecule has 1 aliphatic rings. The van der Waals surface area contributed by atoms with Gasteiger partial charge in [0.1, 0.15) is 18.7 Å². The second kappa shape index (κ2) is 13.5. The van der Waals surface area contributed by atoms with E-state index in [1.54, 1.807) is 37.6 Å². The van der Waals surface area contributed by atoms with Gasteiger partial charge in [-0.1, -0.05) is 50.2 Å². The first-order valence-electron chi connectivity index (χ1n) is 12.6. The minimum absolute atomic E-state index is 0.00900. The molecule has 0 spiro atoms. The number of thiazole rings is 1. The van der Waals surface area contributed by atoms with E-state index >= 15 is 0 Å². The maximum Gasteiger partial charge on any atom is 0.246 e. The quantitative estimate of drug-likeness (QED) is 0.166. The first-order chi connectivity index (χ1) is 18.5. The summed E-state index contributed by atoms with van der Waals surface area (Å²) in [6, 6.07) is 6.01. The molecule has 1 aromatic heterocycles. The third-order valence-electron chi connectivity index (χ3n) is 6.34. The molecule has 1 saturated heterocycles. The van der Waals surface area contributed by atoms with Crippen molar-refractivity contribution in [3.8, 4) is 10.4 Å². The molecule has 0 radical (unpaired) electrons. The van der Waals surface area contributed by atoms with Gasteiger partial charge in [0.2, 0.25) is 17.7 Å². The summed E-state index contributed by atoms with van der Waals surface area (Å²) in [4.78, 5) is 48.5. The zero-order valence-corrected chi connectivity index (χ0v) is 23.4. The summed E-state index contributed by atoms with van der Waals surface area (Å²) in [5.41, 5.74) is 12.3. The van der Waals surface area contributed by atoms with Crippen molar-refractivity contribution in [3.05, 3.63) is 51.5 Å². The molecule has 1 fully saturated rings. The third-order valence-corrected chi connectivity index (χ3v) is 7.32. The van der Waals surface area contributed by atoms with Crippen molar-refractivity contribution >= 4 is 29.1 Å². The van der Waals surface area contributed by atoms with Gasteiger partial charge >= 0.3 is 0 Å². The van der Waals surface area contributed by atoms with E-state index < -0.39 is 35.4 Å². The first-order valence-corrected chi connectivity index (χ1v) is 13.5. The Labute approximate surface area is 231 Å². The Bertz CT molecular complexity index is 1200. The number of nitrogens with one attached hydrogen (secondary N) is 2. The highest BCUT2D eigenvalue weighted by molar-refractivity contribution is 7.13. The number of aryl methyl sites for hydroxylation is 1. The fourth-order valence-electron chi connectivity index (χ4n) is 4.30. The monoisotopic (exact) mass is 557 g/mol. The van der Waals surface area contributed by atoms with Crippen molar-refractivity contribution in [3.63, 3.8) is 0 Å².